The van der Waals surface area contributed by atoms with Gasteiger partial charge in [-0.3, -0.25) is 4.79 Å². The van der Waals surface area contributed by atoms with Crippen molar-refractivity contribution in [2.45, 2.75) is 26.7 Å². The molecule has 94 valence electrons. The Hall–Kier alpha value is -1.90. The van der Waals surface area contributed by atoms with Gasteiger partial charge < -0.3 is 5.73 Å². The summed E-state index contributed by atoms with van der Waals surface area (Å²) in [7, 11) is 0. The van der Waals surface area contributed by atoms with Gasteiger partial charge >= 0.3 is 0 Å². The van der Waals surface area contributed by atoms with E-state index in [-0.39, 0.29) is 11.7 Å². The zero-order chi connectivity index (χ0) is 13.1. The highest BCUT2D eigenvalue weighted by molar-refractivity contribution is 6.01. The van der Waals surface area contributed by atoms with Crippen molar-refractivity contribution in [2.24, 2.45) is 5.92 Å². The monoisotopic (exact) mass is 242 g/mol. The lowest BCUT2D eigenvalue weighted by Gasteiger charge is -2.10. The molecule has 1 unspecified atom stereocenters. The van der Waals surface area contributed by atoms with E-state index >= 15 is 0 Å². The third-order valence-electron chi connectivity index (χ3n) is 3.17. The summed E-state index contributed by atoms with van der Waals surface area (Å²) in [5.41, 5.74) is 7.86. The number of carbonyl (C=O) groups excluding carboxylic acids is 1. The van der Waals surface area contributed by atoms with Gasteiger partial charge in [0.1, 0.15) is 5.69 Å². The van der Waals surface area contributed by atoms with Crippen LogP contribution in [0.4, 0.5) is 5.69 Å². The predicted octanol–water partition coefficient (Wildman–Crippen LogP) is 3.44. The van der Waals surface area contributed by atoms with E-state index < -0.39 is 0 Å². The lowest BCUT2D eigenvalue weighted by Crippen LogP contribution is -2.13. The number of nitrogen functional groups attached to an aromatic ring is 1. The van der Waals surface area contributed by atoms with Crippen LogP contribution < -0.4 is 5.73 Å². The Balaban J connectivity index is 2.43. The maximum Gasteiger partial charge on any atom is 0.184 e. The highest BCUT2D eigenvalue weighted by atomic mass is 16.1. The number of rotatable bonds is 4. The minimum Gasteiger partial charge on any atom is -0.398 e. The van der Waals surface area contributed by atoms with E-state index in [0.717, 1.165) is 23.7 Å². The summed E-state index contributed by atoms with van der Waals surface area (Å²) < 4.78 is 0. The van der Waals surface area contributed by atoms with Crippen LogP contribution in [0.1, 0.15) is 37.2 Å². The standard InChI is InChI=1S/C15H18N2O/c1-3-6-10(2)15(18)14-9-12(16)11-7-4-5-8-13(11)17-14/h4-5,7-10H,3,6H2,1-2H3,(H2,16,17). The first-order valence-corrected chi connectivity index (χ1v) is 6.33. The van der Waals surface area contributed by atoms with Crippen molar-refractivity contribution in [1.82, 2.24) is 4.98 Å². The van der Waals surface area contributed by atoms with Crippen molar-refractivity contribution in [2.75, 3.05) is 5.73 Å². The van der Waals surface area contributed by atoms with E-state index in [9.17, 15) is 4.79 Å². The van der Waals surface area contributed by atoms with E-state index in [1.165, 1.54) is 0 Å². The SMILES string of the molecule is CCCC(C)C(=O)c1cc(N)c2ccccc2n1. The second-order valence-corrected chi connectivity index (χ2v) is 4.67. The first kappa shape index (κ1) is 12.6. The molecule has 18 heavy (non-hydrogen) atoms. The Morgan fingerprint density at radius 1 is 1.39 bits per heavy atom. The molecule has 0 amide bonds. The van der Waals surface area contributed by atoms with Crippen molar-refractivity contribution in [3.8, 4) is 0 Å². The first-order chi connectivity index (χ1) is 8.63. The molecular weight excluding hydrogens is 224 g/mol. The number of anilines is 1. The van der Waals surface area contributed by atoms with Gasteiger partial charge in [0.15, 0.2) is 5.78 Å². The number of hydrogen-bond donors (Lipinski definition) is 1. The molecule has 1 heterocycles. The number of aromatic nitrogens is 1. The number of para-hydroxylation sites is 1. The van der Waals surface area contributed by atoms with Gasteiger partial charge in [0.2, 0.25) is 0 Å². The van der Waals surface area contributed by atoms with E-state index in [2.05, 4.69) is 11.9 Å². The third-order valence-corrected chi connectivity index (χ3v) is 3.17. The number of hydrogen-bond acceptors (Lipinski definition) is 3. The number of carbonyl (C=O) groups is 1. The largest absolute Gasteiger partial charge is 0.398 e. The topological polar surface area (TPSA) is 56.0 Å². The Labute approximate surface area is 107 Å². The van der Waals surface area contributed by atoms with Crippen LogP contribution in [0.3, 0.4) is 0 Å². The minimum absolute atomic E-state index is 0.00284. The van der Waals surface area contributed by atoms with Gasteiger partial charge in [-0.2, -0.15) is 0 Å². The molecule has 0 spiro atoms. The molecule has 1 aromatic heterocycles. The quantitative estimate of drug-likeness (QED) is 0.835. The summed E-state index contributed by atoms with van der Waals surface area (Å²) in [5, 5.41) is 0.900. The van der Waals surface area contributed by atoms with Gasteiger partial charge in [0, 0.05) is 17.0 Å². The summed E-state index contributed by atoms with van der Waals surface area (Å²) in [6.45, 7) is 4.02. The number of ketones is 1. The van der Waals surface area contributed by atoms with Crippen LogP contribution in [0.5, 0.6) is 0 Å². The van der Waals surface area contributed by atoms with Crippen LogP contribution in [0, 0.1) is 5.92 Å². The Morgan fingerprint density at radius 3 is 2.83 bits per heavy atom. The highest BCUT2D eigenvalue weighted by Crippen LogP contribution is 2.22. The van der Waals surface area contributed by atoms with Gasteiger partial charge in [0.25, 0.3) is 0 Å². The first-order valence-electron chi connectivity index (χ1n) is 6.33. The van der Waals surface area contributed by atoms with Crippen LogP contribution in [0.15, 0.2) is 30.3 Å². The molecule has 2 aromatic rings. The normalized spacial score (nSPS) is 12.6. The smallest absolute Gasteiger partial charge is 0.184 e. The number of Topliss-reactive ketones (excluding diaryl/α,β-unsaturated/α-hetero) is 1. The number of pyridine rings is 1. The Kier molecular flexibility index (Phi) is 3.60. The third kappa shape index (κ3) is 2.35. The molecule has 0 radical (unpaired) electrons. The molecule has 1 aromatic carbocycles. The molecule has 0 aliphatic heterocycles. The van der Waals surface area contributed by atoms with Crippen LogP contribution in [-0.2, 0) is 0 Å². The number of nitrogens with zero attached hydrogens (tertiary/aromatic N) is 1. The van der Waals surface area contributed by atoms with E-state index in [1.807, 2.05) is 31.2 Å². The Morgan fingerprint density at radius 2 is 2.11 bits per heavy atom. The molecule has 0 fully saturated rings. The fourth-order valence-electron chi connectivity index (χ4n) is 2.15. The maximum absolute atomic E-state index is 12.2. The van der Waals surface area contributed by atoms with E-state index in [0.29, 0.717) is 11.4 Å². The van der Waals surface area contributed by atoms with Crippen LogP contribution in [-0.4, -0.2) is 10.8 Å². The maximum atomic E-state index is 12.2. The van der Waals surface area contributed by atoms with Crippen LogP contribution in [0.2, 0.25) is 0 Å². The average Bonchev–Trinajstić information content (AvgIpc) is 2.38. The van der Waals surface area contributed by atoms with Gasteiger partial charge in [0.05, 0.1) is 5.52 Å². The number of benzene rings is 1. The second kappa shape index (κ2) is 5.17. The lowest BCUT2D eigenvalue weighted by molar-refractivity contribution is 0.0919. The second-order valence-electron chi connectivity index (χ2n) is 4.67. The highest BCUT2D eigenvalue weighted by Gasteiger charge is 2.17. The molecule has 0 aliphatic rings. The molecular formula is C15H18N2O. The summed E-state index contributed by atoms with van der Waals surface area (Å²) >= 11 is 0. The van der Waals surface area contributed by atoms with Gasteiger partial charge in [-0.1, -0.05) is 38.5 Å². The molecule has 1 atom stereocenters. The van der Waals surface area contributed by atoms with Crippen molar-refractivity contribution < 1.29 is 4.79 Å². The fraction of sp³-hybridized carbons (Fsp3) is 0.333. The van der Waals surface area contributed by atoms with E-state index in [1.54, 1.807) is 6.07 Å². The lowest BCUT2D eigenvalue weighted by atomic mass is 9.97. The molecule has 0 saturated carbocycles. The van der Waals surface area contributed by atoms with Crippen molar-refractivity contribution in [1.29, 1.82) is 0 Å². The van der Waals surface area contributed by atoms with Gasteiger partial charge in [-0.05, 0) is 18.6 Å². The van der Waals surface area contributed by atoms with Crippen molar-refractivity contribution in [3.05, 3.63) is 36.0 Å². The molecule has 0 aliphatic carbocycles. The van der Waals surface area contributed by atoms with Crippen LogP contribution >= 0.6 is 0 Å². The van der Waals surface area contributed by atoms with Crippen LogP contribution in [0.25, 0.3) is 10.9 Å². The van der Waals surface area contributed by atoms with Crippen molar-refractivity contribution in [3.63, 3.8) is 0 Å². The van der Waals surface area contributed by atoms with E-state index in [4.69, 9.17) is 5.73 Å². The molecule has 2 N–H and O–H groups in total. The molecule has 2 rings (SSSR count). The van der Waals surface area contributed by atoms with Gasteiger partial charge in [-0.15, -0.1) is 0 Å². The average molecular weight is 242 g/mol. The molecule has 0 saturated heterocycles. The summed E-state index contributed by atoms with van der Waals surface area (Å²) in [5.74, 6) is 0.0809. The van der Waals surface area contributed by atoms with Crippen molar-refractivity contribution >= 4 is 22.4 Å². The zero-order valence-corrected chi connectivity index (χ0v) is 10.8. The minimum atomic E-state index is 0.00284. The number of nitrogens with two attached hydrogens (primary N) is 1. The van der Waals surface area contributed by atoms with Gasteiger partial charge in [-0.25, -0.2) is 4.98 Å². The summed E-state index contributed by atoms with van der Waals surface area (Å²) in [4.78, 5) is 16.6. The Bertz CT molecular complexity index is 578. The molecule has 3 nitrogen and oxygen atoms in total. The summed E-state index contributed by atoms with van der Waals surface area (Å²) in [6, 6.07) is 9.31. The summed E-state index contributed by atoms with van der Waals surface area (Å²) in [6.07, 6.45) is 1.88. The predicted molar refractivity (Wildman–Crippen MR) is 74.6 cm³/mol. The number of fused-ring (bicyclic) bond motifs is 1. The molecule has 3 heteroatoms. The fourth-order valence-corrected chi connectivity index (χ4v) is 2.15. The molecule has 0 bridgehead atoms. The zero-order valence-electron chi connectivity index (χ0n) is 10.8.